The van der Waals surface area contributed by atoms with E-state index < -0.39 is 0 Å². The third-order valence-corrected chi connectivity index (χ3v) is 4.27. The van der Waals surface area contributed by atoms with Crippen LogP contribution in [0.2, 0.25) is 0 Å². The molecule has 0 bridgehead atoms. The summed E-state index contributed by atoms with van der Waals surface area (Å²) in [5.41, 5.74) is 2.72. The predicted octanol–water partition coefficient (Wildman–Crippen LogP) is 3.60. The Labute approximate surface area is 123 Å². The van der Waals surface area contributed by atoms with Crippen molar-refractivity contribution in [2.45, 2.75) is 58.5 Å². The summed E-state index contributed by atoms with van der Waals surface area (Å²) >= 11 is 0. The molecular weight excluding hydrogens is 246 g/mol. The molecule has 1 heterocycles. The van der Waals surface area contributed by atoms with Crippen molar-refractivity contribution in [3.05, 3.63) is 24.0 Å². The van der Waals surface area contributed by atoms with Crippen molar-refractivity contribution in [2.75, 3.05) is 18.5 Å². The number of nitrogens with one attached hydrogen (secondary N) is 1. The molecule has 1 aliphatic carbocycles. The molecule has 20 heavy (non-hydrogen) atoms. The highest BCUT2D eigenvalue weighted by molar-refractivity contribution is 5.53. The van der Waals surface area contributed by atoms with Crippen LogP contribution in [0.25, 0.3) is 0 Å². The van der Waals surface area contributed by atoms with E-state index in [0.29, 0.717) is 0 Å². The summed E-state index contributed by atoms with van der Waals surface area (Å²) in [6, 6.07) is 2.93. The maximum Gasteiger partial charge on any atom is 0.0445 e. The van der Waals surface area contributed by atoms with Gasteiger partial charge in [0.1, 0.15) is 0 Å². The van der Waals surface area contributed by atoms with Crippen LogP contribution in [0.15, 0.2) is 18.5 Å². The van der Waals surface area contributed by atoms with Gasteiger partial charge in [0.15, 0.2) is 0 Å². The number of hydrogen-bond donors (Lipinski definition) is 1. The lowest BCUT2D eigenvalue weighted by atomic mass is 10.1. The molecule has 0 aromatic carbocycles. The monoisotopic (exact) mass is 275 g/mol. The van der Waals surface area contributed by atoms with Crippen LogP contribution >= 0.6 is 0 Å². The first kappa shape index (κ1) is 15.3. The second-order valence-corrected chi connectivity index (χ2v) is 6.35. The number of rotatable bonds is 7. The molecule has 0 amide bonds. The molecule has 2 rings (SSSR count). The quantitative estimate of drug-likeness (QED) is 0.824. The lowest BCUT2D eigenvalue weighted by Crippen LogP contribution is -2.35. The Morgan fingerprint density at radius 1 is 1.35 bits per heavy atom. The van der Waals surface area contributed by atoms with Gasteiger partial charge in [0, 0.05) is 42.8 Å². The van der Waals surface area contributed by atoms with E-state index >= 15 is 0 Å². The molecule has 0 atom stereocenters. The fraction of sp³-hybridized carbons (Fsp3) is 0.706. The second-order valence-electron chi connectivity index (χ2n) is 6.35. The average Bonchev–Trinajstić information content (AvgIpc) is 2.95. The van der Waals surface area contributed by atoms with Gasteiger partial charge in [-0.25, -0.2) is 0 Å². The standard InChI is InChI=1S/C17H29N3/c1-14(2)9-11-20(16-6-4-5-7-16)17-8-10-19-13-15(17)12-18-3/h8,10,13-14,16,18H,4-7,9,11-12H2,1-3H3. The maximum absolute atomic E-state index is 4.30. The summed E-state index contributed by atoms with van der Waals surface area (Å²) in [6.45, 7) is 6.69. The summed E-state index contributed by atoms with van der Waals surface area (Å²) < 4.78 is 0. The van der Waals surface area contributed by atoms with Gasteiger partial charge in [-0.1, -0.05) is 26.7 Å². The lowest BCUT2D eigenvalue weighted by Gasteiger charge is -2.33. The Balaban J connectivity index is 2.20. The average molecular weight is 275 g/mol. The molecule has 1 N–H and O–H groups in total. The number of hydrogen-bond acceptors (Lipinski definition) is 3. The van der Waals surface area contributed by atoms with E-state index in [0.717, 1.165) is 18.5 Å². The Hall–Kier alpha value is -1.09. The van der Waals surface area contributed by atoms with E-state index in [9.17, 15) is 0 Å². The molecule has 0 unspecified atom stereocenters. The van der Waals surface area contributed by atoms with Crippen LogP contribution in [-0.4, -0.2) is 24.6 Å². The van der Waals surface area contributed by atoms with Crippen LogP contribution in [0.4, 0.5) is 5.69 Å². The molecule has 0 saturated heterocycles. The fourth-order valence-electron chi connectivity index (χ4n) is 3.14. The number of anilines is 1. The van der Waals surface area contributed by atoms with Crippen molar-refractivity contribution in [3.8, 4) is 0 Å². The molecule has 1 aromatic heterocycles. The summed E-state index contributed by atoms with van der Waals surface area (Å²) in [6.07, 6.45) is 10.7. The van der Waals surface area contributed by atoms with Gasteiger partial charge >= 0.3 is 0 Å². The van der Waals surface area contributed by atoms with Gasteiger partial charge in [-0.3, -0.25) is 4.98 Å². The van der Waals surface area contributed by atoms with E-state index in [-0.39, 0.29) is 0 Å². The van der Waals surface area contributed by atoms with Crippen molar-refractivity contribution in [1.82, 2.24) is 10.3 Å². The third-order valence-electron chi connectivity index (χ3n) is 4.27. The first-order chi connectivity index (χ1) is 9.72. The molecular formula is C17H29N3. The van der Waals surface area contributed by atoms with Crippen LogP contribution in [0, 0.1) is 5.92 Å². The van der Waals surface area contributed by atoms with E-state index in [1.165, 1.54) is 49.9 Å². The highest BCUT2D eigenvalue weighted by atomic mass is 15.2. The zero-order valence-electron chi connectivity index (χ0n) is 13.2. The minimum absolute atomic E-state index is 0.728. The summed E-state index contributed by atoms with van der Waals surface area (Å²) in [4.78, 5) is 6.96. The van der Waals surface area contributed by atoms with Gasteiger partial charge < -0.3 is 10.2 Å². The fourth-order valence-corrected chi connectivity index (χ4v) is 3.14. The van der Waals surface area contributed by atoms with Crippen molar-refractivity contribution < 1.29 is 0 Å². The molecule has 1 fully saturated rings. The van der Waals surface area contributed by atoms with Crippen LogP contribution < -0.4 is 10.2 Å². The largest absolute Gasteiger partial charge is 0.368 e. The van der Waals surface area contributed by atoms with Crippen LogP contribution in [0.5, 0.6) is 0 Å². The molecule has 0 radical (unpaired) electrons. The second kappa shape index (κ2) is 7.63. The van der Waals surface area contributed by atoms with Crippen molar-refractivity contribution in [3.63, 3.8) is 0 Å². The zero-order chi connectivity index (χ0) is 14.4. The van der Waals surface area contributed by atoms with E-state index in [4.69, 9.17) is 0 Å². The topological polar surface area (TPSA) is 28.2 Å². The smallest absolute Gasteiger partial charge is 0.0445 e. The van der Waals surface area contributed by atoms with E-state index in [1.807, 2.05) is 19.4 Å². The van der Waals surface area contributed by atoms with E-state index in [2.05, 4.69) is 35.1 Å². The highest BCUT2D eigenvalue weighted by Gasteiger charge is 2.24. The molecule has 0 aliphatic heterocycles. The summed E-state index contributed by atoms with van der Waals surface area (Å²) in [5.74, 6) is 0.758. The summed E-state index contributed by atoms with van der Waals surface area (Å²) in [7, 11) is 2.00. The van der Waals surface area contributed by atoms with Crippen molar-refractivity contribution >= 4 is 5.69 Å². The van der Waals surface area contributed by atoms with Gasteiger partial charge in [0.05, 0.1) is 0 Å². The Bertz CT molecular complexity index is 397. The zero-order valence-corrected chi connectivity index (χ0v) is 13.2. The molecule has 1 aromatic rings. The van der Waals surface area contributed by atoms with Crippen molar-refractivity contribution in [2.24, 2.45) is 5.92 Å². The first-order valence-electron chi connectivity index (χ1n) is 8.06. The maximum atomic E-state index is 4.30. The van der Waals surface area contributed by atoms with Gasteiger partial charge in [-0.2, -0.15) is 0 Å². The molecule has 112 valence electrons. The number of nitrogens with zero attached hydrogens (tertiary/aromatic N) is 2. The van der Waals surface area contributed by atoms with Crippen LogP contribution in [-0.2, 0) is 6.54 Å². The van der Waals surface area contributed by atoms with Crippen molar-refractivity contribution in [1.29, 1.82) is 0 Å². The van der Waals surface area contributed by atoms with Gasteiger partial charge in [-0.05, 0) is 38.3 Å². The molecule has 1 saturated carbocycles. The number of aromatic nitrogens is 1. The van der Waals surface area contributed by atoms with Gasteiger partial charge in [0.25, 0.3) is 0 Å². The first-order valence-corrected chi connectivity index (χ1v) is 8.06. The predicted molar refractivity (Wildman–Crippen MR) is 86.1 cm³/mol. The highest BCUT2D eigenvalue weighted by Crippen LogP contribution is 2.30. The van der Waals surface area contributed by atoms with Crippen LogP contribution in [0.1, 0.15) is 51.5 Å². The molecule has 3 heteroatoms. The van der Waals surface area contributed by atoms with Gasteiger partial charge in [-0.15, -0.1) is 0 Å². The normalized spacial score (nSPS) is 16.0. The minimum atomic E-state index is 0.728. The summed E-state index contributed by atoms with van der Waals surface area (Å²) in [5, 5.41) is 3.27. The lowest BCUT2D eigenvalue weighted by molar-refractivity contribution is 0.526. The van der Waals surface area contributed by atoms with E-state index in [1.54, 1.807) is 0 Å². The molecule has 3 nitrogen and oxygen atoms in total. The molecule has 0 spiro atoms. The van der Waals surface area contributed by atoms with Crippen LogP contribution in [0.3, 0.4) is 0 Å². The Morgan fingerprint density at radius 3 is 2.75 bits per heavy atom. The molecule has 1 aliphatic rings. The number of pyridine rings is 1. The third kappa shape index (κ3) is 3.95. The Morgan fingerprint density at radius 2 is 2.10 bits per heavy atom. The Kier molecular flexibility index (Phi) is 5.84. The van der Waals surface area contributed by atoms with Gasteiger partial charge in [0.2, 0.25) is 0 Å². The SMILES string of the molecule is CNCc1cnccc1N(CCC(C)C)C1CCCC1. The minimum Gasteiger partial charge on any atom is -0.368 e.